The number of benzene rings is 2. The first-order valence-electron chi connectivity index (χ1n) is 11.3. The van der Waals surface area contributed by atoms with Gasteiger partial charge in [0, 0.05) is 37.3 Å². The zero-order chi connectivity index (χ0) is 23.4. The summed E-state index contributed by atoms with van der Waals surface area (Å²) in [6.07, 6.45) is 2.72. The molecule has 4 rings (SSSR count). The predicted octanol–water partition coefficient (Wildman–Crippen LogP) is 3.52. The van der Waals surface area contributed by atoms with Crippen molar-refractivity contribution in [1.82, 2.24) is 19.4 Å². The Morgan fingerprint density at radius 2 is 1.67 bits per heavy atom. The molecule has 2 aromatic carbocycles. The van der Waals surface area contributed by atoms with Gasteiger partial charge in [-0.05, 0) is 62.9 Å². The van der Waals surface area contributed by atoms with E-state index in [1.165, 1.54) is 0 Å². The van der Waals surface area contributed by atoms with Crippen molar-refractivity contribution in [2.45, 2.75) is 51.0 Å². The summed E-state index contributed by atoms with van der Waals surface area (Å²) in [5, 5.41) is 7.61. The van der Waals surface area contributed by atoms with Crippen LogP contribution in [0.3, 0.4) is 0 Å². The number of rotatable bonds is 8. The third kappa shape index (κ3) is 5.17. The lowest BCUT2D eigenvalue weighted by Gasteiger charge is -2.15. The molecule has 3 aromatic rings. The summed E-state index contributed by atoms with van der Waals surface area (Å²) in [7, 11) is -3.41. The SMILES string of the molecule is Cc1nn(-c2ccccc2)c(C)c1CNC(=O)CCc1ccc(S(=O)(=O)N2CCCC2)cc1. The largest absolute Gasteiger partial charge is 0.352 e. The first kappa shape index (κ1) is 23.2. The van der Waals surface area contributed by atoms with E-state index in [2.05, 4.69) is 10.4 Å². The van der Waals surface area contributed by atoms with Crippen LogP contribution in [-0.4, -0.2) is 41.5 Å². The van der Waals surface area contributed by atoms with Crippen molar-refractivity contribution in [3.8, 4) is 5.69 Å². The van der Waals surface area contributed by atoms with Gasteiger partial charge in [-0.2, -0.15) is 9.40 Å². The minimum Gasteiger partial charge on any atom is -0.352 e. The normalized spacial score (nSPS) is 14.5. The van der Waals surface area contributed by atoms with Gasteiger partial charge in [-0.15, -0.1) is 0 Å². The van der Waals surface area contributed by atoms with Crippen LogP contribution < -0.4 is 5.32 Å². The molecule has 0 atom stereocenters. The fourth-order valence-electron chi connectivity index (χ4n) is 4.19. The highest BCUT2D eigenvalue weighted by atomic mass is 32.2. The van der Waals surface area contributed by atoms with Gasteiger partial charge in [0.2, 0.25) is 15.9 Å². The molecule has 0 saturated carbocycles. The van der Waals surface area contributed by atoms with Gasteiger partial charge in [-0.25, -0.2) is 13.1 Å². The lowest BCUT2D eigenvalue weighted by atomic mass is 10.1. The summed E-state index contributed by atoms with van der Waals surface area (Å²) in [5.74, 6) is -0.0463. The third-order valence-electron chi connectivity index (χ3n) is 6.17. The van der Waals surface area contributed by atoms with Crippen LogP contribution in [0.25, 0.3) is 5.69 Å². The van der Waals surface area contributed by atoms with Crippen LogP contribution >= 0.6 is 0 Å². The molecule has 0 radical (unpaired) electrons. The summed E-state index contributed by atoms with van der Waals surface area (Å²) in [6, 6.07) is 16.8. The fraction of sp³-hybridized carbons (Fsp3) is 0.360. The van der Waals surface area contributed by atoms with Crippen molar-refractivity contribution in [2.75, 3.05) is 13.1 Å². The van der Waals surface area contributed by atoms with Crippen LogP contribution in [0.1, 0.15) is 41.8 Å². The van der Waals surface area contributed by atoms with Crippen molar-refractivity contribution in [1.29, 1.82) is 0 Å². The van der Waals surface area contributed by atoms with Crippen molar-refractivity contribution >= 4 is 15.9 Å². The van der Waals surface area contributed by atoms with Crippen LogP contribution in [0.2, 0.25) is 0 Å². The van der Waals surface area contributed by atoms with E-state index in [0.29, 0.717) is 37.4 Å². The third-order valence-corrected chi connectivity index (χ3v) is 8.08. The second-order valence-corrected chi connectivity index (χ2v) is 10.4. The lowest BCUT2D eigenvalue weighted by Crippen LogP contribution is -2.27. The van der Waals surface area contributed by atoms with Crippen LogP contribution in [0, 0.1) is 13.8 Å². The maximum Gasteiger partial charge on any atom is 0.243 e. The van der Waals surface area contributed by atoms with E-state index in [4.69, 9.17) is 0 Å². The Morgan fingerprint density at radius 1 is 1.00 bits per heavy atom. The number of carbonyl (C=O) groups excluding carboxylic acids is 1. The topological polar surface area (TPSA) is 84.3 Å². The number of hydrogen-bond donors (Lipinski definition) is 1. The van der Waals surface area contributed by atoms with Crippen molar-refractivity contribution in [3.05, 3.63) is 77.1 Å². The van der Waals surface area contributed by atoms with Crippen molar-refractivity contribution in [2.24, 2.45) is 0 Å². The molecule has 1 N–H and O–H groups in total. The number of aryl methyl sites for hydroxylation is 2. The molecule has 0 aliphatic carbocycles. The Hall–Kier alpha value is -2.97. The van der Waals surface area contributed by atoms with E-state index in [1.54, 1.807) is 28.6 Å². The lowest BCUT2D eigenvalue weighted by molar-refractivity contribution is -0.121. The first-order chi connectivity index (χ1) is 15.9. The Bertz CT molecular complexity index is 1210. The summed E-state index contributed by atoms with van der Waals surface area (Å²) in [4.78, 5) is 12.8. The quantitative estimate of drug-likeness (QED) is 0.551. The van der Waals surface area contributed by atoms with E-state index in [9.17, 15) is 13.2 Å². The minimum absolute atomic E-state index is 0.0463. The molecule has 1 fully saturated rings. The van der Waals surface area contributed by atoms with Gasteiger partial charge in [-0.3, -0.25) is 4.79 Å². The van der Waals surface area contributed by atoms with Gasteiger partial charge in [0.15, 0.2) is 0 Å². The fourth-order valence-corrected chi connectivity index (χ4v) is 5.71. The zero-order valence-corrected chi connectivity index (χ0v) is 19.9. The number of carbonyl (C=O) groups is 1. The summed E-state index contributed by atoms with van der Waals surface area (Å²) >= 11 is 0. The molecule has 2 heterocycles. The van der Waals surface area contributed by atoms with Gasteiger partial charge in [-0.1, -0.05) is 30.3 Å². The Morgan fingerprint density at radius 3 is 2.33 bits per heavy atom. The first-order valence-corrected chi connectivity index (χ1v) is 12.8. The van der Waals surface area contributed by atoms with Crippen LogP contribution in [0.5, 0.6) is 0 Å². The molecule has 8 heteroatoms. The van der Waals surface area contributed by atoms with Gasteiger partial charge in [0.05, 0.1) is 16.3 Å². The number of sulfonamides is 1. The highest BCUT2D eigenvalue weighted by Gasteiger charge is 2.26. The molecule has 1 amide bonds. The number of amides is 1. The molecule has 1 saturated heterocycles. The second-order valence-electron chi connectivity index (χ2n) is 8.43. The summed E-state index contributed by atoms with van der Waals surface area (Å²) in [6.45, 7) is 5.56. The standard InChI is InChI=1S/C25H30N4O3S/c1-19-24(20(2)29(27-19)22-8-4-3-5-9-22)18-26-25(30)15-12-21-10-13-23(14-11-21)33(31,32)28-16-6-7-17-28/h3-5,8-11,13-14H,6-7,12,15-18H2,1-2H3,(H,26,30). The molecule has 7 nitrogen and oxygen atoms in total. The number of nitrogens with zero attached hydrogens (tertiary/aromatic N) is 3. The van der Waals surface area contributed by atoms with Crippen LogP contribution in [0.4, 0.5) is 0 Å². The molecule has 0 spiro atoms. The zero-order valence-electron chi connectivity index (χ0n) is 19.1. The molecule has 1 aromatic heterocycles. The highest BCUT2D eigenvalue weighted by molar-refractivity contribution is 7.89. The molecular formula is C25H30N4O3S. The maximum absolute atomic E-state index is 12.6. The number of aromatic nitrogens is 2. The second kappa shape index (κ2) is 9.89. The van der Waals surface area contributed by atoms with Gasteiger partial charge in [0.25, 0.3) is 0 Å². The molecule has 0 bridgehead atoms. The Labute approximate surface area is 195 Å². The molecule has 174 valence electrons. The summed E-state index contributed by atoms with van der Waals surface area (Å²) < 4.78 is 28.7. The van der Waals surface area contributed by atoms with E-state index in [1.807, 2.05) is 48.9 Å². The molecule has 0 unspecified atom stereocenters. The van der Waals surface area contributed by atoms with Crippen LogP contribution in [-0.2, 0) is 27.8 Å². The van der Waals surface area contributed by atoms with E-state index >= 15 is 0 Å². The number of para-hydroxylation sites is 1. The number of hydrogen-bond acceptors (Lipinski definition) is 4. The predicted molar refractivity (Wildman–Crippen MR) is 128 cm³/mol. The minimum atomic E-state index is -3.41. The molecule has 1 aliphatic heterocycles. The van der Waals surface area contributed by atoms with Crippen molar-refractivity contribution < 1.29 is 13.2 Å². The molecule has 1 aliphatic rings. The molecule has 33 heavy (non-hydrogen) atoms. The van der Waals surface area contributed by atoms with Gasteiger partial charge >= 0.3 is 0 Å². The summed E-state index contributed by atoms with van der Waals surface area (Å²) in [5.41, 5.74) is 4.85. The van der Waals surface area contributed by atoms with E-state index < -0.39 is 10.0 Å². The highest BCUT2D eigenvalue weighted by Crippen LogP contribution is 2.21. The average molecular weight is 467 g/mol. The smallest absolute Gasteiger partial charge is 0.243 e. The van der Waals surface area contributed by atoms with Crippen LogP contribution in [0.15, 0.2) is 59.5 Å². The van der Waals surface area contributed by atoms with Gasteiger partial charge < -0.3 is 5.32 Å². The Kier molecular flexibility index (Phi) is 6.95. The van der Waals surface area contributed by atoms with E-state index in [-0.39, 0.29) is 5.91 Å². The van der Waals surface area contributed by atoms with E-state index in [0.717, 1.165) is 41.0 Å². The van der Waals surface area contributed by atoms with Crippen molar-refractivity contribution in [3.63, 3.8) is 0 Å². The monoisotopic (exact) mass is 466 g/mol. The Balaban J connectivity index is 1.32. The number of nitrogens with one attached hydrogen (secondary N) is 1. The molecular weight excluding hydrogens is 436 g/mol. The average Bonchev–Trinajstić information content (AvgIpc) is 3.46. The van der Waals surface area contributed by atoms with Gasteiger partial charge in [0.1, 0.15) is 0 Å². The maximum atomic E-state index is 12.6.